The number of benzene rings is 1. The molecule has 0 saturated carbocycles. The highest BCUT2D eigenvalue weighted by atomic mass is 16.4. The minimum atomic E-state index is -0.953. The molecular weight excluding hydrogens is 232 g/mol. The van der Waals surface area contributed by atoms with Gasteiger partial charge in [-0.3, -0.25) is 4.79 Å². The highest BCUT2D eigenvalue weighted by molar-refractivity contribution is 6.03. The number of carbonyl (C=O) groups is 2. The van der Waals surface area contributed by atoms with Crippen molar-refractivity contribution in [1.82, 2.24) is 9.88 Å². The first kappa shape index (κ1) is 10.8. The molecule has 0 aliphatic carbocycles. The van der Waals surface area contributed by atoms with Gasteiger partial charge in [0.1, 0.15) is 5.69 Å². The fourth-order valence-electron chi connectivity index (χ4n) is 2.39. The van der Waals surface area contributed by atoms with Crippen molar-refractivity contribution in [2.75, 3.05) is 13.6 Å². The zero-order valence-electron chi connectivity index (χ0n) is 9.86. The monoisotopic (exact) mass is 244 g/mol. The number of aromatic amines is 1. The Hall–Kier alpha value is -2.30. The number of nitrogens with one attached hydrogen (secondary N) is 1. The Bertz CT molecular complexity index is 672. The molecule has 0 atom stereocenters. The lowest BCUT2D eigenvalue weighted by Gasteiger charge is -2.22. The minimum Gasteiger partial charge on any atom is -0.478 e. The minimum absolute atomic E-state index is 0.0377. The number of hydrogen-bond acceptors (Lipinski definition) is 2. The van der Waals surface area contributed by atoms with Crippen LogP contribution in [0.2, 0.25) is 0 Å². The maximum atomic E-state index is 12.0. The lowest BCUT2D eigenvalue weighted by Crippen LogP contribution is -2.33. The number of fused-ring (bicyclic) bond motifs is 3. The molecule has 0 bridgehead atoms. The summed E-state index contributed by atoms with van der Waals surface area (Å²) in [6, 6.07) is 4.89. The third kappa shape index (κ3) is 1.40. The molecule has 1 aromatic carbocycles. The Kier molecular flexibility index (Phi) is 2.16. The molecule has 1 amide bonds. The van der Waals surface area contributed by atoms with Crippen LogP contribution in [0.25, 0.3) is 10.9 Å². The van der Waals surface area contributed by atoms with E-state index in [0.29, 0.717) is 12.2 Å². The molecule has 0 radical (unpaired) electrons. The number of nitrogens with zero attached hydrogens (tertiary/aromatic N) is 1. The van der Waals surface area contributed by atoms with Crippen LogP contribution in [0.15, 0.2) is 18.2 Å². The van der Waals surface area contributed by atoms with Crippen molar-refractivity contribution in [2.24, 2.45) is 0 Å². The number of aromatic carboxylic acids is 1. The van der Waals surface area contributed by atoms with Crippen LogP contribution in [-0.4, -0.2) is 40.5 Å². The molecule has 5 heteroatoms. The Balaban J connectivity index is 2.25. The van der Waals surface area contributed by atoms with Gasteiger partial charge >= 0.3 is 5.97 Å². The van der Waals surface area contributed by atoms with E-state index in [9.17, 15) is 9.59 Å². The summed E-state index contributed by atoms with van der Waals surface area (Å²) in [7, 11) is 1.76. The second-order valence-electron chi connectivity index (χ2n) is 4.52. The molecule has 18 heavy (non-hydrogen) atoms. The van der Waals surface area contributed by atoms with Gasteiger partial charge in [-0.2, -0.15) is 0 Å². The predicted octanol–water partition coefficient (Wildman–Crippen LogP) is 1.49. The van der Waals surface area contributed by atoms with E-state index in [-0.39, 0.29) is 11.5 Å². The number of rotatable bonds is 1. The average molecular weight is 244 g/mol. The smallest absolute Gasteiger partial charge is 0.335 e. The zero-order valence-corrected chi connectivity index (χ0v) is 9.86. The second kappa shape index (κ2) is 3.60. The van der Waals surface area contributed by atoms with E-state index >= 15 is 0 Å². The highest BCUT2D eigenvalue weighted by Gasteiger charge is 2.25. The summed E-state index contributed by atoms with van der Waals surface area (Å²) in [5.74, 6) is -0.990. The van der Waals surface area contributed by atoms with Crippen LogP contribution >= 0.6 is 0 Å². The maximum absolute atomic E-state index is 12.0. The average Bonchev–Trinajstić information content (AvgIpc) is 2.72. The number of amides is 1. The van der Waals surface area contributed by atoms with Crippen molar-refractivity contribution in [3.05, 3.63) is 35.0 Å². The van der Waals surface area contributed by atoms with Gasteiger partial charge in [-0.15, -0.1) is 0 Å². The molecule has 0 unspecified atom stereocenters. The number of carbonyl (C=O) groups excluding carboxylic acids is 1. The summed E-state index contributed by atoms with van der Waals surface area (Å²) in [6.45, 7) is 0.663. The summed E-state index contributed by atoms with van der Waals surface area (Å²) < 4.78 is 0. The quantitative estimate of drug-likeness (QED) is 0.798. The molecule has 5 nitrogen and oxygen atoms in total. The summed E-state index contributed by atoms with van der Waals surface area (Å²) in [4.78, 5) is 27.7. The maximum Gasteiger partial charge on any atom is 0.335 e. The first-order valence-corrected chi connectivity index (χ1v) is 5.71. The van der Waals surface area contributed by atoms with E-state index < -0.39 is 5.97 Å². The normalized spacial score (nSPS) is 14.9. The Morgan fingerprint density at radius 3 is 2.94 bits per heavy atom. The lowest BCUT2D eigenvalue weighted by molar-refractivity contribution is 0.0696. The van der Waals surface area contributed by atoms with Gasteiger partial charge in [-0.25, -0.2) is 4.79 Å². The van der Waals surface area contributed by atoms with Crippen LogP contribution in [0.5, 0.6) is 0 Å². The van der Waals surface area contributed by atoms with Crippen LogP contribution in [0.4, 0.5) is 0 Å². The van der Waals surface area contributed by atoms with Gasteiger partial charge in [0.25, 0.3) is 5.91 Å². The van der Waals surface area contributed by atoms with Crippen molar-refractivity contribution in [2.45, 2.75) is 6.42 Å². The summed E-state index contributed by atoms with van der Waals surface area (Å²) in [5, 5.41) is 9.83. The SMILES string of the molecule is CN1CCc2c([nH]c3ccc(C(=O)O)cc23)C1=O. The molecule has 0 saturated heterocycles. The number of carboxylic acids is 1. The predicted molar refractivity (Wildman–Crippen MR) is 65.9 cm³/mol. The second-order valence-corrected chi connectivity index (χ2v) is 4.52. The number of H-pyrrole nitrogens is 1. The number of aromatic nitrogens is 1. The molecule has 1 aliphatic rings. The summed E-state index contributed by atoms with van der Waals surface area (Å²) >= 11 is 0. The fourth-order valence-corrected chi connectivity index (χ4v) is 2.39. The van der Waals surface area contributed by atoms with Gasteiger partial charge in [0, 0.05) is 24.5 Å². The first-order chi connectivity index (χ1) is 8.58. The van der Waals surface area contributed by atoms with Crippen LogP contribution in [-0.2, 0) is 6.42 Å². The van der Waals surface area contributed by atoms with Crippen molar-refractivity contribution in [3.63, 3.8) is 0 Å². The molecule has 2 aromatic rings. The van der Waals surface area contributed by atoms with Crippen molar-refractivity contribution in [1.29, 1.82) is 0 Å². The van der Waals surface area contributed by atoms with Crippen molar-refractivity contribution >= 4 is 22.8 Å². The van der Waals surface area contributed by atoms with Crippen LogP contribution in [0, 0.1) is 0 Å². The standard InChI is InChI=1S/C13H12N2O3/c1-15-5-4-8-9-6-7(13(17)18)2-3-10(9)14-11(8)12(15)16/h2-3,6,14H,4-5H2,1H3,(H,17,18). The molecular formula is C13H12N2O3. The highest BCUT2D eigenvalue weighted by Crippen LogP contribution is 2.27. The molecule has 0 spiro atoms. The van der Waals surface area contributed by atoms with Crippen molar-refractivity contribution in [3.8, 4) is 0 Å². The van der Waals surface area contributed by atoms with E-state index in [1.54, 1.807) is 30.1 Å². The largest absolute Gasteiger partial charge is 0.478 e. The van der Waals surface area contributed by atoms with E-state index in [1.165, 1.54) is 0 Å². The fraction of sp³-hybridized carbons (Fsp3) is 0.231. The Morgan fingerprint density at radius 1 is 1.44 bits per heavy atom. The molecule has 1 aromatic heterocycles. The van der Waals surface area contributed by atoms with Gasteiger partial charge in [0.05, 0.1) is 5.56 Å². The molecule has 92 valence electrons. The topological polar surface area (TPSA) is 73.4 Å². The molecule has 2 N–H and O–H groups in total. The third-order valence-corrected chi connectivity index (χ3v) is 3.41. The van der Waals surface area contributed by atoms with Crippen molar-refractivity contribution < 1.29 is 14.7 Å². The molecule has 1 aliphatic heterocycles. The summed E-state index contributed by atoms with van der Waals surface area (Å²) in [6.07, 6.45) is 0.751. The number of carboxylic acid groups (broad SMARTS) is 1. The van der Waals surface area contributed by atoms with E-state index in [4.69, 9.17) is 5.11 Å². The molecule has 3 rings (SSSR count). The van der Waals surface area contributed by atoms with Crippen LogP contribution in [0.3, 0.4) is 0 Å². The van der Waals surface area contributed by atoms with Gasteiger partial charge < -0.3 is 15.0 Å². The van der Waals surface area contributed by atoms with Gasteiger partial charge in [0.15, 0.2) is 0 Å². The van der Waals surface area contributed by atoms with Crippen LogP contribution in [0.1, 0.15) is 26.4 Å². The van der Waals surface area contributed by atoms with E-state index in [0.717, 1.165) is 22.9 Å². The van der Waals surface area contributed by atoms with Gasteiger partial charge in [-0.1, -0.05) is 0 Å². The zero-order chi connectivity index (χ0) is 12.9. The van der Waals surface area contributed by atoms with E-state index in [1.807, 2.05) is 0 Å². The first-order valence-electron chi connectivity index (χ1n) is 5.71. The Labute approximate surface area is 103 Å². The van der Waals surface area contributed by atoms with Gasteiger partial charge in [-0.05, 0) is 30.2 Å². The van der Waals surface area contributed by atoms with Gasteiger partial charge in [0.2, 0.25) is 0 Å². The van der Waals surface area contributed by atoms with E-state index in [2.05, 4.69) is 4.98 Å². The molecule has 0 fully saturated rings. The Morgan fingerprint density at radius 2 is 2.22 bits per heavy atom. The third-order valence-electron chi connectivity index (χ3n) is 3.41. The molecule has 2 heterocycles. The summed E-state index contributed by atoms with van der Waals surface area (Å²) in [5.41, 5.74) is 2.57. The lowest BCUT2D eigenvalue weighted by atomic mass is 10.0. The van der Waals surface area contributed by atoms with Crippen LogP contribution < -0.4 is 0 Å². The number of hydrogen-bond donors (Lipinski definition) is 2. The number of likely N-dealkylation sites (N-methyl/N-ethyl adjacent to an activating group) is 1.